The Morgan fingerprint density at radius 3 is 2.67 bits per heavy atom. The lowest BCUT2D eigenvalue weighted by molar-refractivity contribution is -0.116. The van der Waals surface area contributed by atoms with Crippen molar-refractivity contribution in [2.45, 2.75) is 12.8 Å². The molecule has 2 rings (SSSR count). The lowest BCUT2D eigenvalue weighted by atomic mass is 10.2. The van der Waals surface area contributed by atoms with E-state index in [1.54, 1.807) is 18.3 Å². The molecule has 4 heteroatoms. The van der Waals surface area contributed by atoms with Gasteiger partial charge in [0.1, 0.15) is 5.82 Å². The summed E-state index contributed by atoms with van der Waals surface area (Å²) in [6.07, 6.45) is 2.51. The van der Waals surface area contributed by atoms with Gasteiger partial charge in [0, 0.05) is 18.3 Å². The van der Waals surface area contributed by atoms with Crippen molar-refractivity contribution in [2.24, 2.45) is 0 Å². The molecule has 0 unspecified atom stereocenters. The average Bonchev–Trinajstić information content (AvgIpc) is 2.40. The molecule has 2 aromatic rings. The van der Waals surface area contributed by atoms with Crippen LogP contribution >= 0.6 is 0 Å². The molecule has 18 heavy (non-hydrogen) atoms. The van der Waals surface area contributed by atoms with Crippen molar-refractivity contribution in [3.63, 3.8) is 0 Å². The molecule has 0 saturated carbocycles. The van der Waals surface area contributed by atoms with Crippen molar-refractivity contribution in [2.75, 3.05) is 5.32 Å². The maximum absolute atomic E-state index is 13.3. The monoisotopic (exact) mass is 244 g/mol. The SMILES string of the molecule is O=C(CCc1ccccn1)Nc1ccccc1F. The summed E-state index contributed by atoms with van der Waals surface area (Å²) in [7, 11) is 0. The maximum atomic E-state index is 13.3. The van der Waals surface area contributed by atoms with Crippen molar-refractivity contribution in [3.05, 3.63) is 60.2 Å². The molecule has 0 aliphatic heterocycles. The van der Waals surface area contributed by atoms with Crippen molar-refractivity contribution in [1.29, 1.82) is 0 Å². The van der Waals surface area contributed by atoms with Gasteiger partial charge in [-0.15, -0.1) is 0 Å². The number of benzene rings is 1. The number of carbonyl (C=O) groups is 1. The van der Waals surface area contributed by atoms with Crippen LogP contribution in [-0.2, 0) is 11.2 Å². The van der Waals surface area contributed by atoms with Crippen molar-refractivity contribution in [3.8, 4) is 0 Å². The van der Waals surface area contributed by atoms with E-state index in [2.05, 4.69) is 10.3 Å². The number of hydrogen-bond donors (Lipinski definition) is 1. The molecule has 0 fully saturated rings. The Bertz CT molecular complexity index is 528. The third kappa shape index (κ3) is 3.38. The Hall–Kier alpha value is -2.23. The van der Waals surface area contributed by atoms with Crippen molar-refractivity contribution >= 4 is 11.6 Å². The van der Waals surface area contributed by atoms with Crippen LogP contribution in [0.3, 0.4) is 0 Å². The number of aromatic nitrogens is 1. The minimum atomic E-state index is -0.427. The number of para-hydroxylation sites is 1. The maximum Gasteiger partial charge on any atom is 0.224 e. The van der Waals surface area contributed by atoms with Crippen LogP contribution in [0, 0.1) is 5.82 Å². The second-order valence-corrected chi connectivity index (χ2v) is 3.85. The number of nitrogens with zero attached hydrogens (tertiary/aromatic N) is 1. The molecule has 0 saturated heterocycles. The predicted molar refractivity (Wildman–Crippen MR) is 67.6 cm³/mol. The van der Waals surface area contributed by atoms with Gasteiger partial charge in [-0.3, -0.25) is 9.78 Å². The zero-order valence-electron chi connectivity index (χ0n) is 9.77. The molecule has 92 valence electrons. The van der Waals surface area contributed by atoms with Gasteiger partial charge in [0.25, 0.3) is 0 Å². The van der Waals surface area contributed by atoms with Crippen LogP contribution in [0.5, 0.6) is 0 Å². The van der Waals surface area contributed by atoms with E-state index in [0.29, 0.717) is 6.42 Å². The van der Waals surface area contributed by atoms with Gasteiger partial charge in [0.15, 0.2) is 0 Å². The third-order valence-corrected chi connectivity index (χ3v) is 2.48. The number of nitrogens with one attached hydrogen (secondary N) is 1. The van der Waals surface area contributed by atoms with Crippen LogP contribution in [0.1, 0.15) is 12.1 Å². The zero-order chi connectivity index (χ0) is 12.8. The molecular weight excluding hydrogens is 231 g/mol. The van der Waals surface area contributed by atoms with E-state index in [4.69, 9.17) is 0 Å². The Balaban J connectivity index is 1.88. The standard InChI is InChI=1S/C14H13FN2O/c15-12-6-1-2-7-13(12)17-14(18)9-8-11-5-3-4-10-16-11/h1-7,10H,8-9H2,(H,17,18). The minimum Gasteiger partial charge on any atom is -0.324 e. The number of amides is 1. The molecule has 1 N–H and O–H groups in total. The molecule has 0 aliphatic carbocycles. The number of halogens is 1. The second kappa shape index (κ2) is 5.91. The van der Waals surface area contributed by atoms with E-state index in [9.17, 15) is 9.18 Å². The molecule has 1 aromatic carbocycles. The quantitative estimate of drug-likeness (QED) is 0.898. The molecular formula is C14H13FN2O. The lowest BCUT2D eigenvalue weighted by Gasteiger charge is -2.05. The summed E-state index contributed by atoms with van der Waals surface area (Å²) in [6.45, 7) is 0. The van der Waals surface area contributed by atoms with Crippen LogP contribution in [0.25, 0.3) is 0 Å². The largest absolute Gasteiger partial charge is 0.324 e. The van der Waals surface area contributed by atoms with E-state index in [1.165, 1.54) is 12.1 Å². The summed E-state index contributed by atoms with van der Waals surface area (Å²) < 4.78 is 13.3. The van der Waals surface area contributed by atoms with Gasteiger partial charge >= 0.3 is 0 Å². The molecule has 0 atom stereocenters. The molecule has 1 aromatic heterocycles. The number of anilines is 1. The molecule has 0 aliphatic rings. The summed E-state index contributed by atoms with van der Waals surface area (Å²) in [5.41, 5.74) is 1.06. The summed E-state index contributed by atoms with van der Waals surface area (Å²) in [5.74, 6) is -0.644. The van der Waals surface area contributed by atoms with Gasteiger partial charge in [0.2, 0.25) is 5.91 Å². The predicted octanol–water partition coefficient (Wildman–Crippen LogP) is 2.79. The van der Waals surface area contributed by atoms with Crippen LogP contribution in [0.4, 0.5) is 10.1 Å². The fourth-order valence-electron chi connectivity index (χ4n) is 1.56. The summed E-state index contributed by atoms with van der Waals surface area (Å²) >= 11 is 0. The van der Waals surface area contributed by atoms with Crippen molar-refractivity contribution in [1.82, 2.24) is 4.98 Å². The fourth-order valence-corrected chi connectivity index (χ4v) is 1.56. The molecule has 0 spiro atoms. The van der Waals surface area contributed by atoms with Gasteiger partial charge in [-0.1, -0.05) is 18.2 Å². The Labute approximate surface area is 105 Å². The first-order valence-electron chi connectivity index (χ1n) is 5.70. The van der Waals surface area contributed by atoms with Crippen LogP contribution in [0.15, 0.2) is 48.7 Å². The highest BCUT2D eigenvalue weighted by Gasteiger charge is 2.06. The Kier molecular flexibility index (Phi) is 4.02. The van der Waals surface area contributed by atoms with Gasteiger partial charge in [-0.2, -0.15) is 0 Å². The molecule has 0 bridgehead atoms. The van der Waals surface area contributed by atoms with Crippen LogP contribution in [-0.4, -0.2) is 10.9 Å². The smallest absolute Gasteiger partial charge is 0.224 e. The summed E-state index contributed by atoms with van der Waals surface area (Å²) in [6, 6.07) is 11.7. The fraction of sp³-hybridized carbons (Fsp3) is 0.143. The highest BCUT2D eigenvalue weighted by molar-refractivity contribution is 5.90. The van der Waals surface area contributed by atoms with E-state index in [0.717, 1.165) is 5.69 Å². The second-order valence-electron chi connectivity index (χ2n) is 3.85. The van der Waals surface area contributed by atoms with E-state index < -0.39 is 5.82 Å². The van der Waals surface area contributed by atoms with Gasteiger partial charge in [0.05, 0.1) is 5.69 Å². The number of pyridine rings is 1. The van der Waals surface area contributed by atoms with Gasteiger partial charge < -0.3 is 5.32 Å². The number of hydrogen-bond acceptors (Lipinski definition) is 2. The topological polar surface area (TPSA) is 42.0 Å². The van der Waals surface area contributed by atoms with E-state index in [-0.39, 0.29) is 18.0 Å². The highest BCUT2D eigenvalue weighted by Crippen LogP contribution is 2.12. The highest BCUT2D eigenvalue weighted by atomic mass is 19.1. The molecule has 1 amide bonds. The normalized spacial score (nSPS) is 10.1. The number of rotatable bonds is 4. The Morgan fingerprint density at radius 1 is 1.17 bits per heavy atom. The third-order valence-electron chi connectivity index (χ3n) is 2.48. The first-order valence-corrected chi connectivity index (χ1v) is 5.70. The minimum absolute atomic E-state index is 0.212. The molecule has 1 heterocycles. The van der Waals surface area contributed by atoms with E-state index in [1.807, 2.05) is 18.2 Å². The first-order chi connectivity index (χ1) is 8.75. The van der Waals surface area contributed by atoms with Crippen LogP contribution < -0.4 is 5.32 Å². The average molecular weight is 244 g/mol. The summed E-state index contributed by atoms with van der Waals surface area (Å²) in [4.78, 5) is 15.8. The molecule has 0 radical (unpaired) electrons. The van der Waals surface area contributed by atoms with Crippen LogP contribution in [0.2, 0.25) is 0 Å². The first kappa shape index (κ1) is 12.2. The summed E-state index contributed by atoms with van der Waals surface area (Å²) in [5, 5.41) is 2.54. The number of aryl methyl sites for hydroxylation is 1. The van der Waals surface area contributed by atoms with Gasteiger partial charge in [-0.25, -0.2) is 4.39 Å². The van der Waals surface area contributed by atoms with Crippen molar-refractivity contribution < 1.29 is 9.18 Å². The number of carbonyl (C=O) groups excluding carboxylic acids is 1. The molecule has 3 nitrogen and oxygen atoms in total. The van der Waals surface area contributed by atoms with Gasteiger partial charge in [-0.05, 0) is 30.7 Å². The lowest BCUT2D eigenvalue weighted by Crippen LogP contribution is -2.13. The van der Waals surface area contributed by atoms with E-state index >= 15 is 0 Å². The Morgan fingerprint density at radius 2 is 1.94 bits per heavy atom. The zero-order valence-corrected chi connectivity index (χ0v) is 9.77.